The molecular formula is C52H54N2O4. The third-order valence-corrected chi connectivity index (χ3v) is 12.4. The molecule has 0 bridgehead atoms. The van der Waals surface area contributed by atoms with Gasteiger partial charge >= 0.3 is 0 Å². The van der Waals surface area contributed by atoms with Crippen LogP contribution >= 0.6 is 0 Å². The van der Waals surface area contributed by atoms with E-state index in [1.807, 2.05) is 185 Å². The summed E-state index contributed by atoms with van der Waals surface area (Å²) >= 11 is 0. The fourth-order valence-corrected chi connectivity index (χ4v) is 9.02. The van der Waals surface area contributed by atoms with Gasteiger partial charge in [-0.2, -0.15) is 0 Å². The maximum absolute atomic E-state index is 16.5. The lowest BCUT2D eigenvalue weighted by Gasteiger charge is -2.53. The summed E-state index contributed by atoms with van der Waals surface area (Å²) in [6.45, 7) is 7.97. The van der Waals surface area contributed by atoms with Crippen molar-refractivity contribution in [1.82, 2.24) is 4.90 Å². The summed E-state index contributed by atoms with van der Waals surface area (Å²) in [5.41, 5.74) is 8.41. The van der Waals surface area contributed by atoms with Crippen LogP contribution in [0, 0.1) is 33.1 Å². The number of nitrogens with zero attached hydrogens (tertiary/aromatic N) is 1. The monoisotopic (exact) mass is 770 g/mol. The molecule has 6 nitrogen and oxygen atoms in total. The molecule has 2 atom stereocenters. The maximum atomic E-state index is 16.5. The Balaban J connectivity index is 1.67. The first-order valence-corrected chi connectivity index (χ1v) is 20.4. The van der Waals surface area contributed by atoms with Crippen molar-refractivity contribution in [3.05, 3.63) is 213 Å². The highest BCUT2D eigenvalue weighted by Crippen LogP contribution is 2.55. The largest absolute Gasteiger partial charge is 0.378 e. The summed E-state index contributed by atoms with van der Waals surface area (Å²) in [5.74, 6) is -1.23. The van der Waals surface area contributed by atoms with E-state index in [0.29, 0.717) is 46.2 Å². The Morgan fingerprint density at radius 1 is 0.500 bits per heavy atom. The minimum absolute atomic E-state index is 0.252. The van der Waals surface area contributed by atoms with E-state index in [4.69, 9.17) is 5.73 Å². The van der Waals surface area contributed by atoms with Crippen molar-refractivity contribution in [3.63, 3.8) is 0 Å². The van der Waals surface area contributed by atoms with E-state index in [2.05, 4.69) is 0 Å². The first-order chi connectivity index (χ1) is 27.9. The van der Waals surface area contributed by atoms with Gasteiger partial charge < -0.3 is 20.8 Å². The molecule has 1 aliphatic carbocycles. The summed E-state index contributed by atoms with van der Waals surface area (Å²) in [5, 5.41) is 28.3. The average Bonchev–Trinajstić information content (AvgIpc) is 3.24. The summed E-state index contributed by atoms with van der Waals surface area (Å²) in [4.78, 5) is 32.3. The van der Waals surface area contributed by atoms with E-state index >= 15 is 4.79 Å². The highest BCUT2D eigenvalue weighted by molar-refractivity contribution is 6.05. The molecule has 0 spiro atoms. The summed E-state index contributed by atoms with van der Waals surface area (Å²) in [6.07, 6.45) is 2.63. The van der Waals surface area contributed by atoms with Crippen LogP contribution in [0.4, 0.5) is 0 Å². The molecule has 0 aliphatic heterocycles. The van der Waals surface area contributed by atoms with Gasteiger partial charge in [-0.25, -0.2) is 0 Å². The summed E-state index contributed by atoms with van der Waals surface area (Å²) in [7, 11) is 0. The van der Waals surface area contributed by atoms with Gasteiger partial charge in [0.2, 0.25) is 11.8 Å². The molecule has 6 heteroatoms. The Morgan fingerprint density at radius 2 is 0.793 bits per heavy atom. The lowest BCUT2D eigenvalue weighted by Crippen LogP contribution is -2.60. The van der Waals surface area contributed by atoms with Crippen molar-refractivity contribution >= 4 is 11.8 Å². The van der Waals surface area contributed by atoms with Crippen LogP contribution in [0.15, 0.2) is 158 Å². The molecule has 2 amide bonds. The third kappa shape index (κ3) is 7.39. The molecule has 0 aromatic heterocycles. The van der Waals surface area contributed by atoms with Crippen LogP contribution in [0.25, 0.3) is 0 Å². The number of benzene rings is 6. The van der Waals surface area contributed by atoms with E-state index in [9.17, 15) is 15.0 Å². The van der Waals surface area contributed by atoms with Gasteiger partial charge in [0.15, 0.2) is 0 Å². The van der Waals surface area contributed by atoms with Gasteiger partial charge in [0, 0.05) is 0 Å². The smallest absolute Gasteiger partial charge is 0.239 e. The number of aliphatic hydroxyl groups is 2. The molecule has 6 aromatic rings. The summed E-state index contributed by atoms with van der Waals surface area (Å²) in [6, 6.07) is 47.5. The van der Waals surface area contributed by atoms with Gasteiger partial charge in [0.1, 0.15) is 16.6 Å². The number of hydrogen-bond acceptors (Lipinski definition) is 4. The van der Waals surface area contributed by atoms with Gasteiger partial charge in [0.05, 0.1) is 12.1 Å². The fraction of sp³-hybridized carbons (Fsp3) is 0.269. The zero-order valence-electron chi connectivity index (χ0n) is 33.9. The summed E-state index contributed by atoms with van der Waals surface area (Å²) < 4.78 is 0. The predicted molar refractivity (Wildman–Crippen MR) is 231 cm³/mol. The van der Waals surface area contributed by atoms with E-state index in [1.165, 1.54) is 0 Å². The predicted octanol–water partition coefficient (Wildman–Crippen LogP) is 9.84. The minimum atomic E-state index is -1.93. The zero-order valence-corrected chi connectivity index (χ0v) is 33.9. The molecule has 0 saturated heterocycles. The van der Waals surface area contributed by atoms with Crippen LogP contribution in [0.1, 0.15) is 99.8 Å². The topological polar surface area (TPSA) is 104 Å². The quantitative estimate of drug-likeness (QED) is 0.108. The number of hydrogen-bond donors (Lipinski definition) is 3. The SMILES string of the molecule is Cc1ccc(C(O)(c2ccc(C)cc2)C(c2ccccc2)N(C(=O)C2(C(N)=O)CCCCC2)C(c2ccccc2)C(O)(c2ccc(C)cc2)c2ccc(C)cc2)cc1. The van der Waals surface area contributed by atoms with Gasteiger partial charge in [-0.3, -0.25) is 9.59 Å². The van der Waals surface area contributed by atoms with Crippen molar-refractivity contribution in [3.8, 4) is 0 Å². The number of carbonyl (C=O) groups is 2. The maximum Gasteiger partial charge on any atom is 0.239 e. The molecular weight excluding hydrogens is 717 g/mol. The highest BCUT2D eigenvalue weighted by Gasteiger charge is 2.59. The standard InChI is InChI=1S/C52H54N2O4/c1-36-18-26-42(27-19-36)51(57,43-28-20-37(2)21-29-43)46(40-14-8-5-9-15-40)54(49(56)50(48(53)55)34-12-7-13-35-50)47(41-16-10-6-11-17-41)52(58,44-30-22-38(3)23-31-44)45-32-24-39(4)25-33-45/h5-6,8-11,14-33,46-47,57-58H,7,12-13,34-35H2,1-4H3,(H2,53,55). The van der Waals surface area contributed by atoms with Gasteiger partial charge in [-0.05, 0) is 73.9 Å². The van der Waals surface area contributed by atoms with E-state index < -0.39 is 40.5 Å². The van der Waals surface area contributed by atoms with Crippen molar-refractivity contribution in [1.29, 1.82) is 0 Å². The molecule has 6 aromatic carbocycles. The normalized spacial score (nSPS) is 15.3. The first-order valence-electron chi connectivity index (χ1n) is 20.4. The number of primary amides is 1. The van der Waals surface area contributed by atoms with E-state index in [-0.39, 0.29) is 12.8 Å². The number of aryl methyl sites for hydroxylation is 4. The second kappa shape index (κ2) is 16.6. The Labute approximate surface area is 343 Å². The van der Waals surface area contributed by atoms with Crippen molar-refractivity contribution < 1.29 is 19.8 Å². The van der Waals surface area contributed by atoms with Crippen molar-refractivity contribution in [2.75, 3.05) is 0 Å². The zero-order chi connectivity index (χ0) is 41.1. The number of amides is 2. The molecule has 1 saturated carbocycles. The fourth-order valence-electron chi connectivity index (χ4n) is 9.02. The lowest BCUT2D eigenvalue weighted by atomic mass is 9.68. The van der Waals surface area contributed by atoms with E-state index in [1.54, 1.807) is 4.90 Å². The molecule has 0 radical (unpaired) electrons. The lowest BCUT2D eigenvalue weighted by molar-refractivity contribution is -0.170. The molecule has 1 fully saturated rings. The Morgan fingerprint density at radius 3 is 1.07 bits per heavy atom. The third-order valence-electron chi connectivity index (χ3n) is 12.4. The second-order valence-electron chi connectivity index (χ2n) is 16.3. The van der Waals surface area contributed by atoms with Gasteiger partial charge in [0.25, 0.3) is 0 Å². The Bertz CT molecular complexity index is 2080. The second-order valence-corrected chi connectivity index (χ2v) is 16.3. The highest BCUT2D eigenvalue weighted by atomic mass is 16.3. The van der Waals surface area contributed by atoms with Crippen LogP contribution < -0.4 is 5.73 Å². The van der Waals surface area contributed by atoms with Gasteiger partial charge in [-0.1, -0.05) is 199 Å². The molecule has 58 heavy (non-hydrogen) atoms. The molecule has 2 unspecified atom stereocenters. The Hall–Kier alpha value is -5.82. The average molecular weight is 771 g/mol. The number of rotatable bonds is 12. The van der Waals surface area contributed by atoms with E-state index in [0.717, 1.165) is 28.7 Å². The molecule has 0 heterocycles. The van der Waals surface area contributed by atoms with Crippen LogP contribution in [-0.4, -0.2) is 26.9 Å². The van der Waals surface area contributed by atoms with Crippen LogP contribution in [0.5, 0.6) is 0 Å². The molecule has 1 aliphatic rings. The molecule has 4 N–H and O–H groups in total. The van der Waals surface area contributed by atoms with Crippen molar-refractivity contribution in [2.24, 2.45) is 11.1 Å². The van der Waals surface area contributed by atoms with Gasteiger partial charge in [-0.15, -0.1) is 0 Å². The number of nitrogens with two attached hydrogens (primary N) is 1. The number of carbonyl (C=O) groups excluding carboxylic acids is 2. The molecule has 296 valence electrons. The Kier molecular flexibility index (Phi) is 11.5. The van der Waals surface area contributed by atoms with Crippen molar-refractivity contribution in [2.45, 2.75) is 83.1 Å². The minimum Gasteiger partial charge on any atom is -0.378 e. The van der Waals surface area contributed by atoms with Crippen LogP contribution in [0.2, 0.25) is 0 Å². The molecule has 7 rings (SSSR count). The van der Waals surface area contributed by atoms with Crippen LogP contribution in [-0.2, 0) is 20.8 Å². The first kappa shape index (κ1) is 40.4. The van der Waals surface area contributed by atoms with Crippen LogP contribution in [0.3, 0.4) is 0 Å².